The van der Waals surface area contributed by atoms with Gasteiger partial charge in [-0.05, 0) is 18.3 Å². The highest BCUT2D eigenvalue weighted by molar-refractivity contribution is 5.87. The van der Waals surface area contributed by atoms with E-state index in [1.165, 1.54) is 0 Å². The summed E-state index contributed by atoms with van der Waals surface area (Å²) in [6.45, 7) is 4.06. The molecule has 2 N–H and O–H groups in total. The molecule has 0 unspecified atom stereocenters. The van der Waals surface area contributed by atoms with Gasteiger partial charge in [0.25, 0.3) is 0 Å². The maximum absolute atomic E-state index is 11.0. The third kappa shape index (κ3) is 2.44. The molecular weight excluding hydrogens is 170 g/mol. The highest BCUT2D eigenvalue weighted by Crippen LogP contribution is 2.24. The Morgan fingerprint density at radius 2 is 2.31 bits per heavy atom. The summed E-state index contributed by atoms with van der Waals surface area (Å²) in [5.74, 6) is -0.667. The first-order valence-electron chi connectivity index (χ1n) is 4.53. The number of carboxylic acid groups (broad SMARTS) is 1. The summed E-state index contributed by atoms with van der Waals surface area (Å²) in [6.07, 6.45) is 1.14. The first-order valence-corrected chi connectivity index (χ1v) is 4.53. The van der Waals surface area contributed by atoms with Crippen molar-refractivity contribution in [2.24, 2.45) is 11.8 Å². The molecular formula is C9H15NO3. The normalized spacial score (nSPS) is 27.8. The van der Waals surface area contributed by atoms with Crippen molar-refractivity contribution in [1.82, 2.24) is 5.32 Å². The maximum Gasteiger partial charge on any atom is 0.326 e. The van der Waals surface area contributed by atoms with Gasteiger partial charge in [0.1, 0.15) is 6.04 Å². The van der Waals surface area contributed by atoms with E-state index >= 15 is 0 Å². The van der Waals surface area contributed by atoms with E-state index in [4.69, 9.17) is 5.11 Å². The van der Waals surface area contributed by atoms with Crippen LogP contribution in [0.5, 0.6) is 0 Å². The van der Waals surface area contributed by atoms with Crippen LogP contribution in [0.4, 0.5) is 0 Å². The Morgan fingerprint density at radius 1 is 1.69 bits per heavy atom. The fourth-order valence-corrected chi connectivity index (χ4v) is 1.79. The second kappa shape index (κ2) is 3.77. The van der Waals surface area contributed by atoms with Gasteiger partial charge >= 0.3 is 5.97 Å². The third-order valence-corrected chi connectivity index (χ3v) is 2.28. The Morgan fingerprint density at radius 3 is 2.77 bits per heavy atom. The highest BCUT2D eigenvalue weighted by atomic mass is 16.4. The minimum absolute atomic E-state index is 0.0370. The standard InChI is InChI=1S/C9H15NO3/c1-5(2)3-6-4-7(11)10-8(6)9(12)13/h5-6,8H,3-4H2,1-2H3,(H,10,11)(H,12,13)/t6-,8-/m0/s1. The number of aliphatic carboxylic acids is 1. The number of hydrogen-bond acceptors (Lipinski definition) is 2. The van der Waals surface area contributed by atoms with Crippen LogP contribution < -0.4 is 5.32 Å². The van der Waals surface area contributed by atoms with E-state index in [1.807, 2.05) is 13.8 Å². The van der Waals surface area contributed by atoms with E-state index in [1.54, 1.807) is 0 Å². The van der Waals surface area contributed by atoms with Crippen LogP contribution in [-0.4, -0.2) is 23.0 Å². The van der Waals surface area contributed by atoms with E-state index in [0.717, 1.165) is 6.42 Å². The molecule has 0 saturated carbocycles. The Labute approximate surface area is 77.3 Å². The molecule has 74 valence electrons. The molecule has 0 spiro atoms. The average molecular weight is 185 g/mol. The van der Waals surface area contributed by atoms with E-state index in [0.29, 0.717) is 12.3 Å². The summed E-state index contributed by atoms with van der Waals surface area (Å²) in [5.41, 5.74) is 0. The smallest absolute Gasteiger partial charge is 0.326 e. The molecule has 13 heavy (non-hydrogen) atoms. The van der Waals surface area contributed by atoms with Crippen LogP contribution in [0.15, 0.2) is 0 Å². The van der Waals surface area contributed by atoms with Crippen LogP contribution in [0.1, 0.15) is 26.7 Å². The van der Waals surface area contributed by atoms with Crippen molar-refractivity contribution in [3.63, 3.8) is 0 Å². The van der Waals surface area contributed by atoms with Crippen molar-refractivity contribution in [2.75, 3.05) is 0 Å². The van der Waals surface area contributed by atoms with Gasteiger partial charge < -0.3 is 10.4 Å². The molecule has 0 radical (unpaired) electrons. The van der Waals surface area contributed by atoms with Gasteiger partial charge in [-0.1, -0.05) is 13.8 Å². The molecule has 4 nitrogen and oxygen atoms in total. The zero-order valence-electron chi connectivity index (χ0n) is 7.91. The topological polar surface area (TPSA) is 66.4 Å². The first kappa shape index (κ1) is 10.0. The van der Waals surface area contributed by atoms with Gasteiger partial charge in [-0.3, -0.25) is 4.79 Å². The first-order chi connectivity index (χ1) is 6.00. The lowest BCUT2D eigenvalue weighted by Crippen LogP contribution is -2.37. The van der Waals surface area contributed by atoms with Crippen molar-refractivity contribution in [3.8, 4) is 0 Å². The molecule has 1 fully saturated rings. The highest BCUT2D eigenvalue weighted by Gasteiger charge is 2.37. The molecule has 4 heteroatoms. The van der Waals surface area contributed by atoms with Gasteiger partial charge in [-0.15, -0.1) is 0 Å². The number of carboxylic acids is 1. The lowest BCUT2D eigenvalue weighted by atomic mass is 9.91. The second-order valence-electron chi connectivity index (χ2n) is 3.98. The monoisotopic (exact) mass is 185 g/mol. The summed E-state index contributed by atoms with van der Waals surface area (Å²) in [7, 11) is 0. The van der Waals surface area contributed by atoms with E-state index in [9.17, 15) is 9.59 Å². The predicted octanol–water partition coefficient (Wildman–Crippen LogP) is 0.622. The number of amides is 1. The van der Waals surface area contributed by atoms with Gasteiger partial charge in [0, 0.05) is 6.42 Å². The fraction of sp³-hybridized carbons (Fsp3) is 0.778. The summed E-state index contributed by atoms with van der Waals surface area (Å²) in [4.78, 5) is 21.7. The lowest BCUT2D eigenvalue weighted by Gasteiger charge is -2.16. The molecule has 1 saturated heterocycles. The van der Waals surface area contributed by atoms with E-state index < -0.39 is 12.0 Å². The Hall–Kier alpha value is -1.06. The quantitative estimate of drug-likeness (QED) is 0.677. The number of carbonyl (C=O) groups excluding carboxylic acids is 1. The molecule has 1 aliphatic rings. The molecule has 1 amide bonds. The molecule has 1 heterocycles. The van der Waals surface area contributed by atoms with Crippen molar-refractivity contribution in [2.45, 2.75) is 32.7 Å². The van der Waals surface area contributed by atoms with Crippen LogP contribution in [-0.2, 0) is 9.59 Å². The lowest BCUT2D eigenvalue weighted by molar-refractivity contribution is -0.141. The van der Waals surface area contributed by atoms with Gasteiger partial charge in [0.05, 0.1) is 0 Å². The maximum atomic E-state index is 11.0. The van der Waals surface area contributed by atoms with Crippen molar-refractivity contribution < 1.29 is 14.7 Å². The molecule has 0 bridgehead atoms. The zero-order valence-corrected chi connectivity index (χ0v) is 7.91. The van der Waals surface area contributed by atoms with Crippen LogP contribution in [0, 0.1) is 11.8 Å². The van der Waals surface area contributed by atoms with Gasteiger partial charge in [-0.25, -0.2) is 4.79 Å². The summed E-state index contributed by atoms with van der Waals surface area (Å²) >= 11 is 0. The molecule has 0 aliphatic carbocycles. The van der Waals surface area contributed by atoms with Crippen LogP contribution in [0.3, 0.4) is 0 Å². The molecule has 1 rings (SSSR count). The largest absolute Gasteiger partial charge is 0.480 e. The van der Waals surface area contributed by atoms with Gasteiger partial charge in [-0.2, -0.15) is 0 Å². The summed E-state index contributed by atoms with van der Waals surface area (Å²) < 4.78 is 0. The molecule has 0 aromatic carbocycles. The molecule has 2 atom stereocenters. The van der Waals surface area contributed by atoms with E-state index in [-0.39, 0.29) is 11.8 Å². The summed E-state index contributed by atoms with van der Waals surface area (Å²) in [6, 6.07) is -0.671. The minimum Gasteiger partial charge on any atom is -0.480 e. The number of carbonyl (C=O) groups is 2. The molecule has 0 aromatic rings. The Bertz CT molecular complexity index is 225. The minimum atomic E-state index is -0.920. The summed E-state index contributed by atoms with van der Waals surface area (Å²) in [5, 5.41) is 11.3. The van der Waals surface area contributed by atoms with Crippen molar-refractivity contribution in [1.29, 1.82) is 0 Å². The SMILES string of the molecule is CC(C)C[C@H]1CC(=O)N[C@@H]1C(=O)O. The number of nitrogens with one attached hydrogen (secondary N) is 1. The number of rotatable bonds is 3. The Balaban J connectivity index is 2.60. The molecule has 1 aliphatic heterocycles. The van der Waals surface area contributed by atoms with E-state index in [2.05, 4.69) is 5.32 Å². The predicted molar refractivity (Wildman–Crippen MR) is 47.1 cm³/mol. The van der Waals surface area contributed by atoms with Crippen molar-refractivity contribution >= 4 is 11.9 Å². The van der Waals surface area contributed by atoms with Gasteiger partial charge in [0.15, 0.2) is 0 Å². The van der Waals surface area contributed by atoms with Crippen LogP contribution >= 0.6 is 0 Å². The number of hydrogen-bond donors (Lipinski definition) is 2. The van der Waals surface area contributed by atoms with Gasteiger partial charge in [0.2, 0.25) is 5.91 Å². The zero-order chi connectivity index (χ0) is 10.0. The average Bonchev–Trinajstić information content (AvgIpc) is 2.29. The van der Waals surface area contributed by atoms with Crippen LogP contribution in [0.25, 0.3) is 0 Å². The Kier molecular flexibility index (Phi) is 2.90. The molecule has 0 aromatic heterocycles. The third-order valence-electron chi connectivity index (χ3n) is 2.28. The second-order valence-corrected chi connectivity index (χ2v) is 3.98. The van der Waals surface area contributed by atoms with Crippen molar-refractivity contribution in [3.05, 3.63) is 0 Å². The van der Waals surface area contributed by atoms with Crippen LogP contribution in [0.2, 0.25) is 0 Å². The fourth-order valence-electron chi connectivity index (χ4n) is 1.79.